The lowest BCUT2D eigenvalue weighted by molar-refractivity contribution is 0.104. The average Bonchev–Trinajstić information content (AvgIpc) is 2.67. The second-order valence-electron chi connectivity index (χ2n) is 5.36. The number of carbonyl (C=O) groups excluding carboxylic acids is 1. The van der Waals surface area contributed by atoms with E-state index in [2.05, 4.69) is 13.2 Å². The standard InChI is InChI=1S/C21H22O5/c1-6-8-14-9-10-17(18(11-14)23-3)26-20-13-15(16(22)7-2)12-19(24-4)21(20)25-5/h6-7,9-13H,1-2,8H2,3-5H3. The molecular formula is C21H22O5. The van der Waals surface area contributed by atoms with Crippen molar-refractivity contribution < 1.29 is 23.7 Å². The van der Waals surface area contributed by atoms with Gasteiger partial charge in [-0.3, -0.25) is 4.79 Å². The largest absolute Gasteiger partial charge is 0.493 e. The molecule has 0 heterocycles. The summed E-state index contributed by atoms with van der Waals surface area (Å²) in [4.78, 5) is 12.0. The quantitative estimate of drug-likeness (QED) is 0.374. The first-order chi connectivity index (χ1) is 12.6. The number of ether oxygens (including phenoxy) is 4. The fourth-order valence-electron chi connectivity index (χ4n) is 2.47. The molecule has 2 rings (SSSR count). The average molecular weight is 354 g/mol. The summed E-state index contributed by atoms with van der Waals surface area (Å²) in [6.07, 6.45) is 3.76. The number of hydrogen-bond donors (Lipinski definition) is 0. The summed E-state index contributed by atoms with van der Waals surface area (Å²) in [5.41, 5.74) is 1.43. The Labute approximate surface area is 153 Å². The predicted molar refractivity (Wildman–Crippen MR) is 101 cm³/mol. The van der Waals surface area contributed by atoms with Gasteiger partial charge in [0.25, 0.3) is 0 Å². The van der Waals surface area contributed by atoms with E-state index in [0.717, 1.165) is 12.0 Å². The molecule has 0 atom stereocenters. The first kappa shape index (κ1) is 19.1. The lowest BCUT2D eigenvalue weighted by Crippen LogP contribution is -2.01. The van der Waals surface area contributed by atoms with Gasteiger partial charge in [0.05, 0.1) is 21.3 Å². The maximum atomic E-state index is 12.0. The number of rotatable bonds is 9. The smallest absolute Gasteiger partial charge is 0.203 e. The lowest BCUT2D eigenvalue weighted by atomic mass is 10.1. The molecule has 2 aromatic rings. The Balaban J connectivity index is 2.52. The molecule has 0 saturated carbocycles. The third-order valence-corrected chi connectivity index (χ3v) is 3.74. The Morgan fingerprint density at radius 1 is 0.923 bits per heavy atom. The zero-order valence-corrected chi connectivity index (χ0v) is 15.2. The molecule has 0 bridgehead atoms. The van der Waals surface area contributed by atoms with Crippen LogP contribution in [0.2, 0.25) is 0 Å². The van der Waals surface area contributed by atoms with Crippen LogP contribution in [0.1, 0.15) is 15.9 Å². The van der Waals surface area contributed by atoms with Gasteiger partial charge in [-0.1, -0.05) is 18.7 Å². The fraction of sp³-hybridized carbons (Fsp3) is 0.190. The van der Waals surface area contributed by atoms with E-state index in [1.807, 2.05) is 18.2 Å². The minimum Gasteiger partial charge on any atom is -0.493 e. The molecule has 136 valence electrons. The molecule has 0 aliphatic heterocycles. The Hall–Kier alpha value is -3.21. The van der Waals surface area contributed by atoms with Crippen LogP contribution < -0.4 is 18.9 Å². The summed E-state index contributed by atoms with van der Waals surface area (Å²) in [7, 11) is 4.56. The lowest BCUT2D eigenvalue weighted by Gasteiger charge is -2.16. The highest BCUT2D eigenvalue weighted by Crippen LogP contribution is 2.43. The van der Waals surface area contributed by atoms with Crippen molar-refractivity contribution in [2.45, 2.75) is 6.42 Å². The zero-order valence-electron chi connectivity index (χ0n) is 15.2. The second-order valence-corrected chi connectivity index (χ2v) is 5.36. The highest BCUT2D eigenvalue weighted by atomic mass is 16.5. The number of carbonyl (C=O) groups is 1. The molecule has 0 aliphatic carbocycles. The van der Waals surface area contributed by atoms with Crippen LogP contribution in [-0.4, -0.2) is 27.1 Å². The van der Waals surface area contributed by atoms with Crippen LogP contribution in [0.5, 0.6) is 28.7 Å². The first-order valence-corrected chi connectivity index (χ1v) is 7.96. The van der Waals surface area contributed by atoms with E-state index >= 15 is 0 Å². The predicted octanol–water partition coefficient (Wildman–Crippen LogP) is 4.60. The van der Waals surface area contributed by atoms with Crippen molar-refractivity contribution in [2.24, 2.45) is 0 Å². The Morgan fingerprint density at radius 2 is 1.62 bits per heavy atom. The van der Waals surface area contributed by atoms with Crippen molar-refractivity contribution in [2.75, 3.05) is 21.3 Å². The van der Waals surface area contributed by atoms with Crippen LogP contribution in [0.4, 0.5) is 0 Å². The number of benzene rings is 2. The van der Waals surface area contributed by atoms with Crippen LogP contribution in [0.3, 0.4) is 0 Å². The van der Waals surface area contributed by atoms with Crippen molar-refractivity contribution in [3.8, 4) is 28.7 Å². The van der Waals surface area contributed by atoms with Crippen LogP contribution >= 0.6 is 0 Å². The van der Waals surface area contributed by atoms with E-state index in [-0.39, 0.29) is 5.78 Å². The molecule has 0 fully saturated rings. The molecule has 5 heteroatoms. The topological polar surface area (TPSA) is 54.0 Å². The molecular weight excluding hydrogens is 332 g/mol. The molecule has 0 saturated heterocycles. The minimum absolute atomic E-state index is 0.246. The molecule has 0 aliphatic rings. The highest BCUT2D eigenvalue weighted by molar-refractivity contribution is 6.05. The summed E-state index contributed by atoms with van der Waals surface area (Å²) in [6, 6.07) is 8.76. The van der Waals surface area contributed by atoms with E-state index in [9.17, 15) is 4.79 Å². The van der Waals surface area contributed by atoms with Crippen molar-refractivity contribution in [1.29, 1.82) is 0 Å². The first-order valence-electron chi connectivity index (χ1n) is 7.96. The van der Waals surface area contributed by atoms with Gasteiger partial charge in [0.2, 0.25) is 5.75 Å². The summed E-state index contributed by atoms with van der Waals surface area (Å²) >= 11 is 0. The van der Waals surface area contributed by atoms with E-state index in [1.54, 1.807) is 25.3 Å². The number of hydrogen-bond acceptors (Lipinski definition) is 5. The maximum Gasteiger partial charge on any atom is 0.203 e. The van der Waals surface area contributed by atoms with Crippen molar-refractivity contribution >= 4 is 5.78 Å². The molecule has 0 N–H and O–H groups in total. The van der Waals surface area contributed by atoms with Gasteiger partial charge in [0.1, 0.15) is 0 Å². The number of methoxy groups -OCH3 is 3. The van der Waals surface area contributed by atoms with E-state index < -0.39 is 0 Å². The van der Waals surface area contributed by atoms with Gasteiger partial charge in [-0.2, -0.15) is 0 Å². The summed E-state index contributed by atoms with van der Waals surface area (Å²) in [5, 5.41) is 0. The zero-order chi connectivity index (χ0) is 19.1. The van der Waals surface area contributed by atoms with Crippen LogP contribution in [0.25, 0.3) is 0 Å². The van der Waals surface area contributed by atoms with E-state index in [4.69, 9.17) is 18.9 Å². The second kappa shape index (κ2) is 8.76. The van der Waals surface area contributed by atoms with Crippen LogP contribution in [-0.2, 0) is 6.42 Å². The van der Waals surface area contributed by atoms with Crippen LogP contribution in [0.15, 0.2) is 55.6 Å². The molecule has 2 aromatic carbocycles. The third kappa shape index (κ3) is 4.06. The molecule has 0 spiro atoms. The summed E-state index contributed by atoms with van der Waals surface area (Å²) in [5.74, 6) is 1.91. The van der Waals surface area contributed by atoms with Gasteiger partial charge in [0.15, 0.2) is 28.8 Å². The highest BCUT2D eigenvalue weighted by Gasteiger charge is 2.18. The minimum atomic E-state index is -0.246. The normalized spacial score (nSPS) is 9.96. The van der Waals surface area contributed by atoms with Crippen molar-refractivity contribution in [3.63, 3.8) is 0 Å². The molecule has 0 amide bonds. The number of ketones is 1. The molecule has 0 unspecified atom stereocenters. The van der Waals surface area contributed by atoms with Gasteiger partial charge >= 0.3 is 0 Å². The van der Waals surface area contributed by atoms with Gasteiger partial charge in [-0.15, -0.1) is 6.58 Å². The summed E-state index contributed by atoms with van der Waals surface area (Å²) in [6.45, 7) is 7.25. The van der Waals surface area contributed by atoms with Gasteiger partial charge in [0, 0.05) is 5.56 Å². The number of allylic oxidation sites excluding steroid dienone is 2. The Bertz CT molecular complexity index is 823. The monoisotopic (exact) mass is 354 g/mol. The third-order valence-electron chi connectivity index (χ3n) is 3.74. The van der Waals surface area contributed by atoms with E-state index in [0.29, 0.717) is 34.3 Å². The molecule has 5 nitrogen and oxygen atoms in total. The van der Waals surface area contributed by atoms with Crippen molar-refractivity contribution in [1.82, 2.24) is 0 Å². The maximum absolute atomic E-state index is 12.0. The Morgan fingerprint density at radius 3 is 2.19 bits per heavy atom. The Kier molecular flexibility index (Phi) is 6.44. The molecule has 26 heavy (non-hydrogen) atoms. The van der Waals surface area contributed by atoms with Crippen molar-refractivity contribution in [3.05, 3.63) is 66.8 Å². The molecule has 0 radical (unpaired) electrons. The van der Waals surface area contributed by atoms with E-state index in [1.165, 1.54) is 20.3 Å². The molecule has 0 aromatic heterocycles. The van der Waals surface area contributed by atoms with Gasteiger partial charge in [-0.25, -0.2) is 0 Å². The summed E-state index contributed by atoms with van der Waals surface area (Å²) < 4.78 is 22.1. The van der Waals surface area contributed by atoms with Gasteiger partial charge < -0.3 is 18.9 Å². The van der Waals surface area contributed by atoms with Gasteiger partial charge in [-0.05, 0) is 42.3 Å². The fourth-order valence-corrected chi connectivity index (χ4v) is 2.47. The van der Waals surface area contributed by atoms with Crippen LogP contribution in [0, 0.1) is 0 Å². The SMILES string of the molecule is C=CCc1ccc(Oc2cc(C(=O)C=C)cc(OC)c2OC)c(OC)c1.